The summed E-state index contributed by atoms with van der Waals surface area (Å²) in [7, 11) is -2.51. The van der Waals surface area contributed by atoms with Crippen molar-refractivity contribution in [3.05, 3.63) is 53.6 Å². The molecular formula is C20H23N3O5S2. The number of nitrogens with one attached hydrogen (secondary N) is 3. The third kappa shape index (κ3) is 7.12. The predicted octanol–water partition coefficient (Wildman–Crippen LogP) is 2.87. The number of ether oxygens (including phenoxy) is 1. The van der Waals surface area contributed by atoms with Gasteiger partial charge in [0.15, 0.2) is 5.11 Å². The minimum absolute atomic E-state index is 0.0360. The van der Waals surface area contributed by atoms with Crippen LogP contribution >= 0.6 is 12.2 Å². The molecular weight excluding hydrogens is 426 g/mol. The van der Waals surface area contributed by atoms with E-state index in [1.54, 1.807) is 12.1 Å². The van der Waals surface area contributed by atoms with Gasteiger partial charge < -0.3 is 15.4 Å². The van der Waals surface area contributed by atoms with Crippen LogP contribution in [-0.4, -0.2) is 32.5 Å². The van der Waals surface area contributed by atoms with Crippen LogP contribution in [0.3, 0.4) is 0 Å². The van der Waals surface area contributed by atoms with Crippen LogP contribution < -0.4 is 15.4 Å². The van der Waals surface area contributed by atoms with Crippen molar-refractivity contribution in [2.75, 3.05) is 17.1 Å². The number of carbonyl (C=O) groups is 2. The van der Waals surface area contributed by atoms with E-state index in [0.29, 0.717) is 11.4 Å². The second-order valence-corrected chi connectivity index (χ2v) is 8.68. The summed E-state index contributed by atoms with van der Waals surface area (Å²) in [5.41, 5.74) is 2.90. The van der Waals surface area contributed by atoms with Gasteiger partial charge in [0.25, 0.3) is 10.0 Å². The number of hydrogen-bond donors (Lipinski definition) is 3. The van der Waals surface area contributed by atoms with E-state index in [-0.39, 0.29) is 22.8 Å². The number of methoxy groups -OCH3 is 1. The van der Waals surface area contributed by atoms with Crippen molar-refractivity contribution in [2.45, 2.75) is 31.6 Å². The van der Waals surface area contributed by atoms with Gasteiger partial charge in [-0.3, -0.25) is 14.3 Å². The summed E-state index contributed by atoms with van der Waals surface area (Å²) in [5.74, 6) is -0.926. The van der Waals surface area contributed by atoms with Gasteiger partial charge in [0, 0.05) is 17.8 Å². The number of anilines is 2. The Bertz CT molecular complexity index is 1030. The maximum Gasteiger partial charge on any atom is 0.306 e. The number of hydrogen-bond acceptors (Lipinski definition) is 6. The highest BCUT2D eigenvalue weighted by Crippen LogP contribution is 2.20. The van der Waals surface area contributed by atoms with E-state index < -0.39 is 21.9 Å². The maximum atomic E-state index is 12.6. The lowest BCUT2D eigenvalue weighted by atomic mass is 10.1. The Labute approximate surface area is 181 Å². The van der Waals surface area contributed by atoms with Gasteiger partial charge in [-0.05, 0) is 73.6 Å². The largest absolute Gasteiger partial charge is 0.469 e. The van der Waals surface area contributed by atoms with Crippen molar-refractivity contribution < 1.29 is 22.7 Å². The monoisotopic (exact) mass is 449 g/mol. The van der Waals surface area contributed by atoms with Crippen LogP contribution in [0.4, 0.5) is 11.4 Å². The van der Waals surface area contributed by atoms with E-state index >= 15 is 0 Å². The number of benzene rings is 2. The lowest BCUT2D eigenvalue weighted by Crippen LogP contribution is -2.34. The van der Waals surface area contributed by atoms with E-state index in [2.05, 4.69) is 20.1 Å². The molecule has 0 radical (unpaired) electrons. The van der Waals surface area contributed by atoms with Crippen molar-refractivity contribution in [3.63, 3.8) is 0 Å². The Morgan fingerprint density at radius 2 is 1.57 bits per heavy atom. The predicted molar refractivity (Wildman–Crippen MR) is 119 cm³/mol. The second kappa shape index (κ2) is 10.2. The van der Waals surface area contributed by atoms with E-state index in [9.17, 15) is 18.0 Å². The van der Waals surface area contributed by atoms with Gasteiger partial charge in [-0.1, -0.05) is 6.07 Å². The summed E-state index contributed by atoms with van der Waals surface area (Å²) in [6.45, 7) is 3.78. The first-order valence-corrected chi connectivity index (χ1v) is 10.9. The SMILES string of the molecule is COC(=O)CCC(=O)NC(=S)Nc1ccc(S(=O)(=O)Nc2cc(C)cc(C)c2)cc1. The number of sulfonamides is 1. The quantitative estimate of drug-likeness (QED) is 0.440. The highest BCUT2D eigenvalue weighted by atomic mass is 32.2. The molecule has 0 unspecified atom stereocenters. The van der Waals surface area contributed by atoms with Gasteiger partial charge in [-0.25, -0.2) is 8.42 Å². The van der Waals surface area contributed by atoms with E-state index in [4.69, 9.17) is 12.2 Å². The number of thiocarbonyl (C=S) groups is 1. The van der Waals surface area contributed by atoms with Gasteiger partial charge in [-0.15, -0.1) is 0 Å². The molecule has 3 N–H and O–H groups in total. The van der Waals surface area contributed by atoms with Crippen LogP contribution in [0.2, 0.25) is 0 Å². The fourth-order valence-corrected chi connectivity index (χ4v) is 3.91. The zero-order valence-electron chi connectivity index (χ0n) is 16.8. The summed E-state index contributed by atoms with van der Waals surface area (Å²) >= 11 is 5.05. The molecule has 0 atom stereocenters. The summed E-state index contributed by atoms with van der Waals surface area (Å²) in [6, 6.07) is 11.4. The zero-order chi connectivity index (χ0) is 22.3. The average Bonchev–Trinajstić information content (AvgIpc) is 2.65. The normalized spacial score (nSPS) is 10.8. The third-order valence-corrected chi connectivity index (χ3v) is 5.53. The Balaban J connectivity index is 1.97. The number of aryl methyl sites for hydroxylation is 2. The van der Waals surface area contributed by atoms with Gasteiger partial charge >= 0.3 is 5.97 Å². The molecule has 2 rings (SSSR count). The van der Waals surface area contributed by atoms with Crippen LogP contribution in [0.1, 0.15) is 24.0 Å². The van der Waals surface area contributed by atoms with Crippen LogP contribution in [0, 0.1) is 13.8 Å². The Kier molecular flexibility index (Phi) is 7.90. The second-order valence-electron chi connectivity index (χ2n) is 6.58. The molecule has 0 bridgehead atoms. The summed E-state index contributed by atoms with van der Waals surface area (Å²) < 4.78 is 32.2. The Hall–Kier alpha value is -2.98. The van der Waals surface area contributed by atoms with E-state index in [1.807, 2.05) is 19.9 Å². The van der Waals surface area contributed by atoms with E-state index in [0.717, 1.165) is 11.1 Å². The van der Waals surface area contributed by atoms with E-state index in [1.165, 1.54) is 31.4 Å². The molecule has 8 nitrogen and oxygen atoms in total. The molecule has 0 heterocycles. The first kappa shape index (κ1) is 23.3. The van der Waals surface area contributed by atoms with Crippen molar-refractivity contribution in [2.24, 2.45) is 0 Å². The van der Waals surface area contributed by atoms with Gasteiger partial charge in [0.1, 0.15) is 0 Å². The zero-order valence-corrected chi connectivity index (χ0v) is 18.4. The molecule has 2 aromatic carbocycles. The number of amides is 1. The number of esters is 1. The van der Waals surface area contributed by atoms with Crippen molar-refractivity contribution in [1.29, 1.82) is 0 Å². The molecule has 0 saturated heterocycles. The molecule has 0 aliphatic rings. The molecule has 0 aromatic heterocycles. The molecule has 0 spiro atoms. The fraction of sp³-hybridized carbons (Fsp3) is 0.250. The smallest absolute Gasteiger partial charge is 0.306 e. The van der Waals surface area contributed by atoms with Crippen molar-refractivity contribution in [1.82, 2.24) is 5.32 Å². The molecule has 0 aliphatic heterocycles. The summed E-state index contributed by atoms with van der Waals surface area (Å²) in [6.07, 6.45) is -0.110. The summed E-state index contributed by atoms with van der Waals surface area (Å²) in [4.78, 5) is 22.9. The number of carbonyl (C=O) groups excluding carboxylic acids is 2. The van der Waals surface area contributed by atoms with Crippen LogP contribution in [0.25, 0.3) is 0 Å². The van der Waals surface area contributed by atoms with Crippen molar-refractivity contribution in [3.8, 4) is 0 Å². The highest BCUT2D eigenvalue weighted by Gasteiger charge is 2.15. The molecule has 30 heavy (non-hydrogen) atoms. The molecule has 1 amide bonds. The van der Waals surface area contributed by atoms with Gasteiger partial charge in [0.2, 0.25) is 5.91 Å². The fourth-order valence-electron chi connectivity index (χ4n) is 2.63. The minimum Gasteiger partial charge on any atom is -0.469 e. The summed E-state index contributed by atoms with van der Waals surface area (Å²) in [5, 5.41) is 5.26. The molecule has 0 saturated carbocycles. The van der Waals surface area contributed by atoms with Crippen molar-refractivity contribution >= 4 is 50.6 Å². The first-order valence-electron chi connectivity index (χ1n) is 8.98. The third-order valence-electron chi connectivity index (χ3n) is 3.93. The minimum atomic E-state index is -3.75. The van der Waals surface area contributed by atoms with Gasteiger partial charge in [-0.2, -0.15) is 0 Å². The highest BCUT2D eigenvalue weighted by molar-refractivity contribution is 7.92. The molecule has 0 fully saturated rings. The van der Waals surface area contributed by atoms with Crippen LogP contribution in [0.5, 0.6) is 0 Å². The Morgan fingerprint density at radius 1 is 0.967 bits per heavy atom. The molecule has 2 aromatic rings. The van der Waals surface area contributed by atoms with Crippen LogP contribution in [0.15, 0.2) is 47.4 Å². The maximum absolute atomic E-state index is 12.6. The Morgan fingerprint density at radius 3 is 2.13 bits per heavy atom. The lowest BCUT2D eigenvalue weighted by Gasteiger charge is -2.12. The first-order chi connectivity index (χ1) is 14.1. The molecule has 10 heteroatoms. The molecule has 160 valence electrons. The average molecular weight is 450 g/mol. The number of rotatable bonds is 7. The topological polar surface area (TPSA) is 114 Å². The standard InChI is InChI=1S/C20H23N3O5S2/c1-13-10-14(2)12-16(11-13)23-30(26,27)17-6-4-15(5-7-17)21-20(29)22-18(24)8-9-19(25)28-3/h4-7,10-12,23H,8-9H2,1-3H3,(H2,21,22,24,29). The van der Waals surface area contributed by atoms with Crippen LogP contribution in [-0.2, 0) is 24.3 Å². The molecule has 0 aliphatic carbocycles. The van der Waals surface area contributed by atoms with Gasteiger partial charge in [0.05, 0.1) is 18.4 Å². The lowest BCUT2D eigenvalue weighted by molar-refractivity contribution is -0.142.